The van der Waals surface area contributed by atoms with Crippen LogP contribution >= 0.6 is 11.6 Å². The number of hydrogen-bond donors (Lipinski definition) is 0. The molecule has 1 aliphatic carbocycles. The van der Waals surface area contributed by atoms with Gasteiger partial charge in [0.15, 0.2) is 0 Å². The van der Waals surface area contributed by atoms with Crippen LogP contribution in [-0.2, 0) is 5.41 Å². The summed E-state index contributed by atoms with van der Waals surface area (Å²) in [6, 6.07) is 18.9. The Balaban J connectivity index is 1.94. The molecule has 0 unspecified atom stereocenters. The third-order valence-electron chi connectivity index (χ3n) is 5.14. The Morgan fingerprint density at radius 3 is 2.43 bits per heavy atom. The Hall–Kier alpha value is -2.25. The van der Waals surface area contributed by atoms with Gasteiger partial charge in [-0.2, -0.15) is 0 Å². The van der Waals surface area contributed by atoms with E-state index in [1.807, 2.05) is 18.2 Å². The Bertz CT molecular complexity index is 1100. The van der Waals surface area contributed by atoms with Crippen molar-refractivity contribution in [2.24, 2.45) is 0 Å². The molecule has 3 aromatic carbocycles. The van der Waals surface area contributed by atoms with E-state index in [0.29, 0.717) is 0 Å². The van der Waals surface area contributed by atoms with Crippen molar-refractivity contribution in [3.8, 4) is 11.1 Å². The molecule has 0 saturated carbocycles. The van der Waals surface area contributed by atoms with Crippen LogP contribution in [0.5, 0.6) is 0 Å². The summed E-state index contributed by atoms with van der Waals surface area (Å²) in [7, 11) is 0. The van der Waals surface area contributed by atoms with E-state index in [9.17, 15) is 0 Å². The highest BCUT2D eigenvalue weighted by Gasteiger charge is 2.36. The van der Waals surface area contributed by atoms with E-state index in [-0.39, 0.29) is 5.41 Å². The fourth-order valence-corrected chi connectivity index (χ4v) is 4.11. The van der Waals surface area contributed by atoms with Crippen LogP contribution in [0.1, 0.15) is 25.0 Å². The highest BCUT2D eigenvalue weighted by atomic mass is 35.5. The lowest BCUT2D eigenvalue weighted by Gasteiger charge is -2.21. The standard InChI is InChI=1S/C21H15ClO/c1-21(2)17-8-7-12(22)9-14(17)15-10-16-13-5-3-4-6-19(13)23-20(16)11-18(15)21/h3-11H,1-2H3. The molecule has 5 rings (SSSR count). The predicted octanol–water partition coefficient (Wildman–Crippen LogP) is 6.55. The molecule has 0 saturated heterocycles. The van der Waals surface area contributed by atoms with Crippen molar-refractivity contribution in [2.45, 2.75) is 19.3 Å². The maximum absolute atomic E-state index is 6.26. The third-order valence-corrected chi connectivity index (χ3v) is 5.37. The van der Waals surface area contributed by atoms with Crippen LogP contribution in [0.25, 0.3) is 33.1 Å². The molecule has 23 heavy (non-hydrogen) atoms. The monoisotopic (exact) mass is 318 g/mol. The summed E-state index contributed by atoms with van der Waals surface area (Å²) in [4.78, 5) is 0. The Morgan fingerprint density at radius 2 is 1.57 bits per heavy atom. The minimum Gasteiger partial charge on any atom is -0.456 e. The fourth-order valence-electron chi connectivity index (χ4n) is 3.94. The SMILES string of the molecule is CC1(C)c2ccc(Cl)cc2-c2cc3c(cc21)oc1ccccc13. The second-order valence-corrected chi connectivity index (χ2v) is 7.24. The minimum atomic E-state index is -0.0393. The Labute approximate surface area is 139 Å². The largest absolute Gasteiger partial charge is 0.456 e. The first kappa shape index (κ1) is 13.2. The van der Waals surface area contributed by atoms with Crippen LogP contribution in [0.2, 0.25) is 5.02 Å². The molecule has 112 valence electrons. The van der Waals surface area contributed by atoms with Crippen LogP contribution in [0.4, 0.5) is 0 Å². The average molecular weight is 319 g/mol. The molecule has 1 heterocycles. The number of benzene rings is 3. The minimum absolute atomic E-state index is 0.0393. The first-order chi connectivity index (χ1) is 11.1. The molecule has 0 spiro atoms. The molecule has 0 amide bonds. The summed E-state index contributed by atoms with van der Waals surface area (Å²) in [5.41, 5.74) is 7.00. The second kappa shape index (κ2) is 4.18. The summed E-state index contributed by atoms with van der Waals surface area (Å²) < 4.78 is 6.07. The van der Waals surface area contributed by atoms with Crippen LogP contribution in [0.3, 0.4) is 0 Å². The van der Waals surface area contributed by atoms with Gasteiger partial charge in [0.1, 0.15) is 11.2 Å². The maximum atomic E-state index is 6.26. The molecular weight excluding hydrogens is 304 g/mol. The molecular formula is C21H15ClO. The smallest absolute Gasteiger partial charge is 0.135 e. The number of halogens is 1. The van der Waals surface area contributed by atoms with Crippen LogP contribution in [0.15, 0.2) is 59.0 Å². The number of fused-ring (bicyclic) bond motifs is 6. The van der Waals surface area contributed by atoms with Gasteiger partial charge in [-0.1, -0.05) is 49.7 Å². The van der Waals surface area contributed by atoms with Gasteiger partial charge in [0.2, 0.25) is 0 Å². The molecule has 0 bridgehead atoms. The van der Waals surface area contributed by atoms with Crippen molar-refractivity contribution < 1.29 is 4.42 Å². The second-order valence-electron chi connectivity index (χ2n) is 6.81. The molecule has 0 aliphatic heterocycles. The lowest BCUT2D eigenvalue weighted by atomic mass is 9.82. The van der Waals surface area contributed by atoms with Gasteiger partial charge in [0, 0.05) is 21.2 Å². The van der Waals surface area contributed by atoms with Gasteiger partial charge in [-0.15, -0.1) is 0 Å². The van der Waals surface area contributed by atoms with Crippen LogP contribution < -0.4 is 0 Å². The van der Waals surface area contributed by atoms with Crippen molar-refractivity contribution in [3.63, 3.8) is 0 Å². The van der Waals surface area contributed by atoms with Crippen LogP contribution in [-0.4, -0.2) is 0 Å². The van der Waals surface area contributed by atoms with E-state index >= 15 is 0 Å². The summed E-state index contributed by atoms with van der Waals surface area (Å²) in [6.07, 6.45) is 0. The molecule has 4 aromatic rings. The molecule has 2 heteroatoms. The molecule has 0 radical (unpaired) electrons. The van der Waals surface area contributed by atoms with Gasteiger partial charge >= 0.3 is 0 Å². The molecule has 1 aromatic heterocycles. The quantitative estimate of drug-likeness (QED) is 0.358. The zero-order valence-electron chi connectivity index (χ0n) is 13.0. The first-order valence-electron chi connectivity index (χ1n) is 7.82. The van der Waals surface area contributed by atoms with Crippen LogP contribution in [0, 0.1) is 0 Å². The maximum Gasteiger partial charge on any atom is 0.135 e. The van der Waals surface area contributed by atoms with Gasteiger partial charge < -0.3 is 4.42 Å². The predicted molar refractivity (Wildman–Crippen MR) is 96.3 cm³/mol. The lowest BCUT2D eigenvalue weighted by Crippen LogP contribution is -2.14. The molecule has 0 N–H and O–H groups in total. The van der Waals surface area contributed by atoms with Gasteiger partial charge in [0.25, 0.3) is 0 Å². The van der Waals surface area contributed by atoms with Gasteiger partial charge in [-0.3, -0.25) is 0 Å². The highest BCUT2D eigenvalue weighted by Crippen LogP contribution is 2.51. The van der Waals surface area contributed by atoms with Crippen molar-refractivity contribution in [1.82, 2.24) is 0 Å². The number of rotatable bonds is 0. The molecule has 1 aliphatic rings. The summed E-state index contributed by atoms with van der Waals surface area (Å²) >= 11 is 6.26. The van der Waals surface area contributed by atoms with Crippen molar-refractivity contribution in [1.29, 1.82) is 0 Å². The number of furan rings is 1. The Morgan fingerprint density at radius 1 is 0.783 bits per heavy atom. The van der Waals surface area contributed by atoms with Crippen molar-refractivity contribution >= 4 is 33.5 Å². The zero-order chi connectivity index (χ0) is 15.8. The zero-order valence-corrected chi connectivity index (χ0v) is 13.7. The summed E-state index contributed by atoms with van der Waals surface area (Å²) in [5, 5.41) is 3.12. The van der Waals surface area contributed by atoms with E-state index in [0.717, 1.165) is 16.2 Å². The normalized spacial score (nSPS) is 15.1. The summed E-state index contributed by atoms with van der Waals surface area (Å²) in [6.45, 7) is 4.53. The van der Waals surface area contributed by atoms with Gasteiger partial charge in [-0.25, -0.2) is 0 Å². The lowest BCUT2D eigenvalue weighted by molar-refractivity contribution is 0.647. The van der Waals surface area contributed by atoms with Crippen molar-refractivity contribution in [3.05, 3.63) is 70.7 Å². The van der Waals surface area contributed by atoms with Crippen molar-refractivity contribution in [2.75, 3.05) is 0 Å². The third kappa shape index (κ3) is 1.63. The first-order valence-corrected chi connectivity index (χ1v) is 8.20. The Kier molecular flexibility index (Phi) is 2.40. The number of para-hydroxylation sites is 1. The van der Waals surface area contributed by atoms with E-state index in [4.69, 9.17) is 16.0 Å². The fraction of sp³-hybridized carbons (Fsp3) is 0.143. The van der Waals surface area contributed by atoms with E-state index in [1.54, 1.807) is 0 Å². The molecule has 0 atom stereocenters. The van der Waals surface area contributed by atoms with E-state index < -0.39 is 0 Å². The van der Waals surface area contributed by atoms with E-state index in [1.165, 1.54) is 33.0 Å². The van der Waals surface area contributed by atoms with Gasteiger partial charge in [-0.05, 0) is 52.6 Å². The topological polar surface area (TPSA) is 13.1 Å². The van der Waals surface area contributed by atoms with E-state index in [2.05, 4.69) is 50.2 Å². The number of hydrogen-bond acceptors (Lipinski definition) is 1. The highest BCUT2D eigenvalue weighted by molar-refractivity contribution is 6.31. The summed E-state index contributed by atoms with van der Waals surface area (Å²) in [5.74, 6) is 0. The van der Waals surface area contributed by atoms with Gasteiger partial charge in [0.05, 0.1) is 0 Å². The molecule has 1 nitrogen and oxygen atoms in total. The molecule has 0 fully saturated rings. The average Bonchev–Trinajstić information content (AvgIpc) is 3.00.